The van der Waals surface area contributed by atoms with Crippen molar-refractivity contribution in [1.82, 2.24) is 9.88 Å². The highest BCUT2D eigenvalue weighted by atomic mass is 16.1. The van der Waals surface area contributed by atoms with Gasteiger partial charge in [0.05, 0.1) is 0 Å². The van der Waals surface area contributed by atoms with E-state index in [1.807, 2.05) is 13.0 Å². The average Bonchev–Trinajstić information content (AvgIpc) is 2.28. The van der Waals surface area contributed by atoms with Gasteiger partial charge in [-0.05, 0) is 13.0 Å². The highest BCUT2D eigenvalue weighted by molar-refractivity contribution is 5.75. The second-order valence-electron chi connectivity index (χ2n) is 3.58. The first kappa shape index (κ1) is 12.4. The molecule has 1 aromatic rings. The molecule has 16 heavy (non-hydrogen) atoms. The average molecular weight is 223 g/mol. The molecule has 0 bridgehead atoms. The Labute approximate surface area is 94.3 Å². The number of carbonyl (C=O) groups is 1. The molecular weight excluding hydrogens is 206 g/mol. The molecule has 0 saturated heterocycles. The second-order valence-corrected chi connectivity index (χ2v) is 3.58. The number of pyridine rings is 1. The van der Waals surface area contributed by atoms with Crippen molar-refractivity contribution in [1.29, 1.82) is 0 Å². The van der Waals surface area contributed by atoms with Gasteiger partial charge in [0.1, 0.15) is 0 Å². The van der Waals surface area contributed by atoms with Crippen LogP contribution >= 0.6 is 0 Å². The van der Waals surface area contributed by atoms with Gasteiger partial charge < -0.3 is 15.6 Å². The Kier molecular flexibility index (Phi) is 4.25. The lowest BCUT2D eigenvalue weighted by atomic mass is 10.2. The van der Waals surface area contributed by atoms with E-state index < -0.39 is 0 Å². The number of nitrogens with two attached hydrogens (primary N) is 1. The van der Waals surface area contributed by atoms with Crippen molar-refractivity contribution in [3.63, 3.8) is 0 Å². The second kappa shape index (κ2) is 5.46. The fourth-order valence-corrected chi connectivity index (χ4v) is 1.49. The summed E-state index contributed by atoms with van der Waals surface area (Å²) >= 11 is 0. The molecule has 0 unspecified atom stereocenters. The van der Waals surface area contributed by atoms with Gasteiger partial charge in [0, 0.05) is 37.8 Å². The zero-order valence-corrected chi connectivity index (χ0v) is 9.62. The predicted octanol–water partition coefficient (Wildman–Crippen LogP) is -0.248. The zero-order chi connectivity index (χ0) is 12.1. The van der Waals surface area contributed by atoms with E-state index in [1.54, 1.807) is 17.7 Å². The summed E-state index contributed by atoms with van der Waals surface area (Å²) in [5.41, 5.74) is 6.76. The van der Waals surface area contributed by atoms with Crippen LogP contribution in [0, 0.1) is 6.92 Å². The number of hydrogen-bond acceptors (Lipinski definition) is 3. The van der Waals surface area contributed by atoms with E-state index in [1.165, 1.54) is 0 Å². The number of rotatable bonds is 4. The molecule has 0 aliphatic rings. The third kappa shape index (κ3) is 2.70. The highest BCUT2D eigenvalue weighted by Crippen LogP contribution is 1.99. The number of nitrogens with zero attached hydrogens (tertiary/aromatic N) is 1. The Balaban J connectivity index is 2.94. The Morgan fingerprint density at radius 3 is 2.75 bits per heavy atom. The maximum absolute atomic E-state index is 11.9. The van der Waals surface area contributed by atoms with Crippen molar-refractivity contribution in [3.05, 3.63) is 33.7 Å². The van der Waals surface area contributed by atoms with Gasteiger partial charge in [-0.2, -0.15) is 0 Å². The fraction of sp³-hybridized carbons (Fsp3) is 0.455. The molecule has 1 rings (SSSR count). The molecule has 1 amide bonds. The number of nitrogens with one attached hydrogen (secondary N) is 1. The number of aromatic nitrogens is 1. The highest BCUT2D eigenvalue weighted by Gasteiger charge is 2.06. The topological polar surface area (TPSA) is 77.1 Å². The summed E-state index contributed by atoms with van der Waals surface area (Å²) in [4.78, 5) is 23.0. The molecular formula is C11H17N3O2. The molecule has 1 aromatic heterocycles. The van der Waals surface area contributed by atoms with Crippen molar-refractivity contribution in [3.8, 4) is 0 Å². The van der Waals surface area contributed by atoms with Gasteiger partial charge in [-0.25, -0.2) is 0 Å². The van der Waals surface area contributed by atoms with Crippen molar-refractivity contribution in [2.45, 2.75) is 26.4 Å². The largest absolute Gasteiger partial charge is 0.359 e. The molecule has 3 N–H and O–H groups in total. The molecule has 0 aliphatic carbocycles. The predicted molar refractivity (Wildman–Crippen MR) is 62.0 cm³/mol. The van der Waals surface area contributed by atoms with E-state index in [9.17, 15) is 9.59 Å². The van der Waals surface area contributed by atoms with Crippen LogP contribution in [0.1, 0.15) is 17.7 Å². The summed E-state index contributed by atoms with van der Waals surface area (Å²) in [7, 11) is 1.58. The lowest BCUT2D eigenvalue weighted by Crippen LogP contribution is -2.29. The maximum Gasteiger partial charge on any atom is 0.255 e. The molecule has 0 aliphatic heterocycles. The number of aryl methyl sites for hydroxylation is 1. The molecule has 0 radical (unpaired) electrons. The normalized spacial score (nSPS) is 10.2. The smallest absolute Gasteiger partial charge is 0.255 e. The first-order valence-electron chi connectivity index (χ1n) is 5.20. The quantitative estimate of drug-likeness (QED) is 0.739. The standard InChI is InChI=1S/C11H17N3O2/c1-8-3-4-9(7-12)11(16)14(8)6-5-10(15)13-2/h3-4H,5-7,12H2,1-2H3,(H,13,15). The molecule has 5 nitrogen and oxygen atoms in total. The summed E-state index contributed by atoms with van der Waals surface area (Å²) in [5.74, 6) is -0.0792. The first-order valence-corrected chi connectivity index (χ1v) is 5.20. The molecule has 0 spiro atoms. The molecule has 0 atom stereocenters. The minimum absolute atomic E-state index is 0.0792. The summed E-state index contributed by atoms with van der Waals surface area (Å²) in [6, 6.07) is 3.57. The van der Waals surface area contributed by atoms with Crippen LogP contribution < -0.4 is 16.6 Å². The lowest BCUT2D eigenvalue weighted by molar-refractivity contribution is -0.120. The van der Waals surface area contributed by atoms with E-state index in [0.29, 0.717) is 18.5 Å². The van der Waals surface area contributed by atoms with Gasteiger partial charge in [0.2, 0.25) is 5.91 Å². The minimum atomic E-state index is -0.105. The van der Waals surface area contributed by atoms with Crippen LogP contribution in [-0.4, -0.2) is 17.5 Å². The van der Waals surface area contributed by atoms with Crippen LogP contribution in [0.3, 0.4) is 0 Å². The van der Waals surface area contributed by atoms with E-state index in [2.05, 4.69) is 5.32 Å². The molecule has 0 fully saturated rings. The van der Waals surface area contributed by atoms with E-state index >= 15 is 0 Å². The van der Waals surface area contributed by atoms with E-state index in [-0.39, 0.29) is 18.0 Å². The minimum Gasteiger partial charge on any atom is -0.359 e. The maximum atomic E-state index is 11.9. The van der Waals surface area contributed by atoms with Crippen LogP contribution in [0.15, 0.2) is 16.9 Å². The van der Waals surface area contributed by atoms with Crippen LogP contribution in [0.25, 0.3) is 0 Å². The number of hydrogen-bond donors (Lipinski definition) is 2. The van der Waals surface area contributed by atoms with Crippen LogP contribution in [0.2, 0.25) is 0 Å². The van der Waals surface area contributed by atoms with Crippen molar-refractivity contribution >= 4 is 5.91 Å². The fourth-order valence-electron chi connectivity index (χ4n) is 1.49. The van der Waals surface area contributed by atoms with Gasteiger partial charge >= 0.3 is 0 Å². The van der Waals surface area contributed by atoms with Crippen molar-refractivity contribution in [2.24, 2.45) is 5.73 Å². The molecule has 0 aromatic carbocycles. The number of carbonyl (C=O) groups excluding carboxylic acids is 1. The van der Waals surface area contributed by atoms with E-state index in [0.717, 1.165) is 5.69 Å². The van der Waals surface area contributed by atoms with E-state index in [4.69, 9.17) is 5.73 Å². The van der Waals surface area contributed by atoms with Gasteiger partial charge in [-0.1, -0.05) is 6.07 Å². The van der Waals surface area contributed by atoms with Gasteiger partial charge in [-0.3, -0.25) is 9.59 Å². The van der Waals surface area contributed by atoms with Gasteiger partial charge in [0.25, 0.3) is 5.56 Å². The summed E-state index contributed by atoms with van der Waals surface area (Å²) < 4.78 is 1.58. The van der Waals surface area contributed by atoms with Crippen LogP contribution in [0.4, 0.5) is 0 Å². The molecule has 1 heterocycles. The molecule has 5 heteroatoms. The summed E-state index contributed by atoms with van der Waals surface area (Å²) in [5, 5.41) is 2.52. The Bertz CT molecular complexity index is 437. The summed E-state index contributed by atoms with van der Waals surface area (Å²) in [6.07, 6.45) is 0.297. The lowest BCUT2D eigenvalue weighted by Gasteiger charge is -2.10. The SMILES string of the molecule is CNC(=O)CCn1c(C)ccc(CN)c1=O. The zero-order valence-electron chi connectivity index (χ0n) is 9.62. The van der Waals surface area contributed by atoms with Crippen molar-refractivity contribution in [2.75, 3.05) is 7.05 Å². The number of amides is 1. The Hall–Kier alpha value is -1.62. The molecule has 0 saturated carbocycles. The molecule has 88 valence electrons. The Morgan fingerprint density at radius 1 is 1.50 bits per heavy atom. The van der Waals surface area contributed by atoms with Crippen molar-refractivity contribution < 1.29 is 4.79 Å². The third-order valence-electron chi connectivity index (χ3n) is 2.53. The third-order valence-corrected chi connectivity index (χ3v) is 2.53. The Morgan fingerprint density at radius 2 is 2.19 bits per heavy atom. The van der Waals surface area contributed by atoms with Crippen LogP contribution in [0.5, 0.6) is 0 Å². The first-order chi connectivity index (χ1) is 7.60. The van der Waals surface area contributed by atoms with Gasteiger partial charge in [0.15, 0.2) is 0 Å². The monoisotopic (exact) mass is 223 g/mol. The van der Waals surface area contributed by atoms with Crippen LogP contribution in [-0.2, 0) is 17.9 Å². The summed E-state index contributed by atoms with van der Waals surface area (Å²) in [6.45, 7) is 2.45. The van der Waals surface area contributed by atoms with Gasteiger partial charge in [-0.15, -0.1) is 0 Å².